The highest BCUT2D eigenvalue weighted by molar-refractivity contribution is 7.91. The van der Waals surface area contributed by atoms with Crippen LogP contribution in [0, 0.1) is 5.41 Å². The Morgan fingerprint density at radius 1 is 1.12 bits per heavy atom. The topological polar surface area (TPSA) is 92.3 Å². The smallest absolute Gasteiger partial charge is 0.240 e. The van der Waals surface area contributed by atoms with Crippen LogP contribution in [0.15, 0.2) is 34.1 Å². The Morgan fingerprint density at radius 3 is 2.29 bits per heavy atom. The normalized spacial score (nSPS) is 17.9. The summed E-state index contributed by atoms with van der Waals surface area (Å²) in [5.74, 6) is -0.0605. The van der Waals surface area contributed by atoms with E-state index in [9.17, 15) is 16.8 Å². The van der Waals surface area contributed by atoms with Crippen molar-refractivity contribution in [3.05, 3.63) is 24.3 Å². The molecule has 2 rings (SSSR count). The first-order valence-electron chi connectivity index (χ1n) is 7.72. The van der Waals surface area contributed by atoms with Crippen molar-refractivity contribution in [3.8, 4) is 0 Å². The lowest BCUT2D eigenvalue weighted by molar-refractivity contribution is 0.232. The van der Waals surface area contributed by atoms with Crippen LogP contribution in [0.5, 0.6) is 0 Å². The molecule has 1 aromatic rings. The Kier molecular flexibility index (Phi) is 7.25. The first-order chi connectivity index (χ1) is 10.7. The van der Waals surface area contributed by atoms with Gasteiger partial charge < -0.3 is 5.32 Å². The van der Waals surface area contributed by atoms with Crippen LogP contribution in [0.4, 0.5) is 0 Å². The summed E-state index contributed by atoms with van der Waals surface area (Å²) < 4.78 is 51.4. The molecule has 0 saturated carbocycles. The second-order valence-electron chi connectivity index (χ2n) is 6.26. The molecule has 1 aliphatic rings. The van der Waals surface area contributed by atoms with Crippen molar-refractivity contribution >= 4 is 32.3 Å². The summed E-state index contributed by atoms with van der Waals surface area (Å²) in [6.07, 6.45) is 1.81. The molecule has 0 spiro atoms. The summed E-state index contributed by atoms with van der Waals surface area (Å²) >= 11 is 0. The van der Waals surface area contributed by atoms with Gasteiger partial charge in [0.05, 0.1) is 15.5 Å². The zero-order chi connectivity index (χ0) is 17.1. The minimum Gasteiger partial charge on any atom is -0.317 e. The second-order valence-corrected chi connectivity index (χ2v) is 10.3. The average molecular weight is 397 g/mol. The molecule has 24 heavy (non-hydrogen) atoms. The van der Waals surface area contributed by atoms with Crippen molar-refractivity contribution in [1.82, 2.24) is 10.0 Å². The summed E-state index contributed by atoms with van der Waals surface area (Å²) in [6, 6.07) is 5.53. The van der Waals surface area contributed by atoms with Crippen LogP contribution >= 0.6 is 12.4 Å². The van der Waals surface area contributed by atoms with Gasteiger partial charge in [-0.25, -0.2) is 21.6 Å². The van der Waals surface area contributed by atoms with Crippen molar-refractivity contribution < 1.29 is 16.8 Å². The molecule has 0 aliphatic carbocycles. The van der Waals surface area contributed by atoms with E-state index >= 15 is 0 Å². The maximum Gasteiger partial charge on any atom is 0.240 e. The number of halogens is 1. The van der Waals surface area contributed by atoms with Crippen molar-refractivity contribution in [2.24, 2.45) is 5.41 Å². The van der Waals surface area contributed by atoms with Gasteiger partial charge in [0, 0.05) is 6.54 Å². The highest BCUT2D eigenvalue weighted by Crippen LogP contribution is 2.27. The lowest BCUT2D eigenvalue weighted by Crippen LogP contribution is -2.42. The Bertz CT molecular complexity index is 757. The lowest BCUT2D eigenvalue weighted by Gasteiger charge is -2.34. The van der Waals surface area contributed by atoms with Crippen LogP contribution in [-0.4, -0.2) is 42.2 Å². The van der Waals surface area contributed by atoms with E-state index in [1.165, 1.54) is 31.2 Å². The molecule has 6 nitrogen and oxygen atoms in total. The number of nitrogens with one attached hydrogen (secondary N) is 2. The van der Waals surface area contributed by atoms with Crippen LogP contribution in [-0.2, 0) is 19.9 Å². The largest absolute Gasteiger partial charge is 0.317 e. The number of piperidine rings is 1. The fourth-order valence-corrected chi connectivity index (χ4v) is 4.81. The van der Waals surface area contributed by atoms with Gasteiger partial charge >= 0.3 is 0 Å². The average Bonchev–Trinajstić information content (AvgIpc) is 2.54. The van der Waals surface area contributed by atoms with Gasteiger partial charge in [-0.3, -0.25) is 0 Å². The summed E-state index contributed by atoms with van der Waals surface area (Å²) in [4.78, 5) is 0.0283. The van der Waals surface area contributed by atoms with E-state index in [1.54, 1.807) is 0 Å². The van der Waals surface area contributed by atoms with Crippen LogP contribution < -0.4 is 10.0 Å². The van der Waals surface area contributed by atoms with E-state index in [0.717, 1.165) is 25.9 Å². The zero-order valence-corrected chi connectivity index (χ0v) is 16.4. The molecule has 0 radical (unpaired) electrons. The minimum atomic E-state index is -3.72. The molecular formula is C15H25ClN2O4S2. The van der Waals surface area contributed by atoms with Crippen molar-refractivity contribution in [1.29, 1.82) is 0 Å². The first kappa shape index (κ1) is 21.4. The number of sulfone groups is 1. The van der Waals surface area contributed by atoms with Gasteiger partial charge in [-0.05, 0) is 49.5 Å². The number of sulfonamides is 1. The van der Waals surface area contributed by atoms with Gasteiger partial charge in [0.1, 0.15) is 0 Å². The van der Waals surface area contributed by atoms with Crippen molar-refractivity contribution in [3.63, 3.8) is 0 Å². The van der Waals surface area contributed by atoms with Gasteiger partial charge in [-0.2, -0.15) is 0 Å². The third-order valence-corrected chi connectivity index (χ3v) is 7.49. The lowest BCUT2D eigenvalue weighted by atomic mass is 9.81. The maximum atomic E-state index is 12.5. The molecule has 0 aromatic heterocycles. The van der Waals surface area contributed by atoms with Crippen molar-refractivity contribution in [2.45, 2.75) is 36.5 Å². The fraction of sp³-hybridized carbons (Fsp3) is 0.600. The van der Waals surface area contributed by atoms with Crippen LogP contribution in [0.2, 0.25) is 0 Å². The number of rotatable bonds is 6. The summed E-state index contributed by atoms with van der Waals surface area (Å²) in [5, 5.41) is 3.26. The van der Waals surface area contributed by atoms with E-state index in [1.807, 2.05) is 0 Å². The molecule has 1 heterocycles. The van der Waals surface area contributed by atoms with E-state index < -0.39 is 19.9 Å². The molecule has 0 amide bonds. The van der Waals surface area contributed by atoms with E-state index in [4.69, 9.17) is 0 Å². The van der Waals surface area contributed by atoms with Crippen LogP contribution in [0.1, 0.15) is 26.7 Å². The summed E-state index contributed by atoms with van der Waals surface area (Å²) in [6.45, 7) is 5.70. The predicted octanol–water partition coefficient (Wildman–Crippen LogP) is 1.57. The first-order valence-corrected chi connectivity index (χ1v) is 10.9. The van der Waals surface area contributed by atoms with E-state index in [-0.39, 0.29) is 33.4 Å². The molecule has 9 heteroatoms. The molecule has 1 saturated heterocycles. The number of hydrogen-bond acceptors (Lipinski definition) is 5. The molecule has 1 fully saturated rings. The Balaban J connectivity index is 0.00000288. The summed E-state index contributed by atoms with van der Waals surface area (Å²) in [7, 11) is -7.15. The quantitative estimate of drug-likeness (QED) is 0.761. The maximum absolute atomic E-state index is 12.5. The Labute approximate surface area is 150 Å². The molecule has 138 valence electrons. The van der Waals surface area contributed by atoms with E-state index in [0.29, 0.717) is 6.54 Å². The monoisotopic (exact) mass is 396 g/mol. The van der Waals surface area contributed by atoms with Gasteiger partial charge in [0.2, 0.25) is 10.0 Å². The van der Waals surface area contributed by atoms with E-state index in [2.05, 4.69) is 17.0 Å². The zero-order valence-electron chi connectivity index (χ0n) is 13.9. The molecule has 2 N–H and O–H groups in total. The second kappa shape index (κ2) is 8.14. The number of benzene rings is 1. The molecular weight excluding hydrogens is 372 g/mol. The van der Waals surface area contributed by atoms with Crippen molar-refractivity contribution in [2.75, 3.05) is 25.4 Å². The minimum absolute atomic E-state index is 0. The standard InChI is InChI=1S/C15H24N2O4S2.ClH/c1-3-22(18,19)13-5-4-6-14(11-13)23(20,21)17-12-15(2)7-9-16-10-8-15;/h4-6,11,16-17H,3,7-10,12H2,1-2H3;1H. The predicted molar refractivity (Wildman–Crippen MR) is 96.8 cm³/mol. The van der Waals surface area contributed by atoms with Gasteiger partial charge in [0.15, 0.2) is 9.84 Å². The third kappa shape index (κ3) is 5.16. The number of hydrogen-bond donors (Lipinski definition) is 2. The van der Waals surface area contributed by atoms with Crippen LogP contribution in [0.3, 0.4) is 0 Å². The molecule has 0 unspecified atom stereocenters. The van der Waals surface area contributed by atoms with Crippen LogP contribution in [0.25, 0.3) is 0 Å². The SMILES string of the molecule is CCS(=O)(=O)c1cccc(S(=O)(=O)NCC2(C)CCNCC2)c1.Cl. The van der Waals surface area contributed by atoms with Gasteiger partial charge in [-0.15, -0.1) is 12.4 Å². The highest BCUT2D eigenvalue weighted by atomic mass is 35.5. The molecule has 1 aliphatic heterocycles. The Hall–Kier alpha value is -0.670. The summed E-state index contributed by atoms with van der Waals surface area (Å²) in [5.41, 5.74) is -0.0780. The third-order valence-electron chi connectivity index (χ3n) is 4.35. The molecule has 1 aromatic carbocycles. The Morgan fingerprint density at radius 2 is 1.71 bits per heavy atom. The molecule has 0 bridgehead atoms. The van der Waals surface area contributed by atoms with Gasteiger partial charge in [-0.1, -0.05) is 19.9 Å². The van der Waals surface area contributed by atoms with Gasteiger partial charge in [0.25, 0.3) is 0 Å². The fourth-order valence-electron chi connectivity index (χ4n) is 2.56. The molecule has 0 atom stereocenters. The highest BCUT2D eigenvalue weighted by Gasteiger charge is 2.29.